The molecule has 0 N–H and O–H groups in total. The summed E-state index contributed by atoms with van der Waals surface area (Å²) in [5.74, 6) is -0.241. The highest BCUT2D eigenvalue weighted by atomic mass is 16.5. The molecule has 0 aromatic heterocycles. The fraction of sp³-hybridized carbons (Fsp3) is 0.471. The highest BCUT2D eigenvalue weighted by Crippen LogP contribution is 2.36. The Bertz CT molecular complexity index is 653. The molecule has 0 heterocycles. The van der Waals surface area contributed by atoms with E-state index in [1.165, 1.54) is 12.0 Å². The summed E-state index contributed by atoms with van der Waals surface area (Å²) in [6.07, 6.45) is 1.81. The molecule has 0 fully saturated rings. The van der Waals surface area contributed by atoms with Crippen LogP contribution in [-0.4, -0.2) is 38.0 Å². The van der Waals surface area contributed by atoms with Gasteiger partial charge in [-0.1, -0.05) is 6.08 Å². The first-order chi connectivity index (χ1) is 11.6. The van der Waals surface area contributed by atoms with E-state index in [-0.39, 0.29) is 23.8 Å². The Balaban J connectivity index is 3.83. The van der Waals surface area contributed by atoms with Gasteiger partial charge in [-0.15, -0.1) is 6.58 Å². The molecule has 21 heavy (non-hydrogen) atoms. The van der Waals surface area contributed by atoms with Crippen LogP contribution in [0.25, 0.3) is 0 Å². The minimum Gasteiger partial charge on any atom is -0.496 e. The monoisotopic (exact) mass is 295 g/mol. The molecular weight excluding hydrogens is 266 g/mol. The Labute approximate surface area is 133 Å². The summed E-state index contributed by atoms with van der Waals surface area (Å²) in [6, 6.07) is -0.0965. The zero-order chi connectivity index (χ0) is 19.4. The van der Waals surface area contributed by atoms with Gasteiger partial charge in [-0.3, -0.25) is 4.79 Å². The Hall–Kier alpha value is -1.97. The smallest absolute Gasteiger partial charge is 0.257 e. The number of benzene rings is 1. The number of carbonyl (C=O) groups is 1. The van der Waals surface area contributed by atoms with Gasteiger partial charge < -0.3 is 14.4 Å². The number of allylic oxidation sites excluding steroid dienone is 1. The van der Waals surface area contributed by atoms with Crippen LogP contribution in [0, 0.1) is 6.92 Å². The molecule has 4 nitrogen and oxygen atoms in total. The van der Waals surface area contributed by atoms with Crippen LogP contribution in [0.15, 0.2) is 18.7 Å². The molecule has 0 aliphatic heterocycles. The van der Waals surface area contributed by atoms with Gasteiger partial charge in [0, 0.05) is 18.7 Å². The average molecular weight is 295 g/mol. The molecule has 1 aromatic rings. The lowest BCUT2D eigenvalue weighted by Gasteiger charge is -2.23. The van der Waals surface area contributed by atoms with Crippen LogP contribution < -0.4 is 9.47 Å². The van der Waals surface area contributed by atoms with Crippen molar-refractivity contribution in [3.8, 4) is 11.5 Å². The number of nitrogens with zero attached hydrogens (tertiary/aromatic N) is 1. The molecular formula is C17H25NO3. The lowest BCUT2D eigenvalue weighted by molar-refractivity contribution is 0.0769. The van der Waals surface area contributed by atoms with Gasteiger partial charge in [-0.05, 0) is 38.8 Å². The van der Waals surface area contributed by atoms with E-state index in [0.29, 0.717) is 30.0 Å². The van der Waals surface area contributed by atoms with E-state index in [9.17, 15) is 4.79 Å². The van der Waals surface area contributed by atoms with Gasteiger partial charge in [0.05, 0.1) is 25.2 Å². The molecule has 0 aliphatic carbocycles. The molecule has 116 valence electrons. The molecule has 1 amide bonds. The van der Waals surface area contributed by atoms with Crippen molar-refractivity contribution in [1.29, 1.82) is 0 Å². The maximum Gasteiger partial charge on any atom is 0.257 e. The first-order valence-electron chi connectivity index (χ1n) is 8.92. The third kappa shape index (κ3) is 3.38. The molecule has 0 radical (unpaired) electrons. The Kier molecular flexibility index (Phi) is 4.29. The molecule has 0 saturated heterocycles. The summed E-state index contributed by atoms with van der Waals surface area (Å²) in [6.45, 7) is 9.83. The van der Waals surface area contributed by atoms with Gasteiger partial charge in [0.25, 0.3) is 5.91 Å². The standard InChI is InChI=1S/C17H25NO3/c1-7-10-13-15(20-5)12(4)11-14(16(13)21-6)17(19)18(8-2)9-3/h7,11H,1,8-10H2,2-6H3/i6D3,11D. The van der Waals surface area contributed by atoms with Gasteiger partial charge in [0.15, 0.2) is 0 Å². The second-order valence-electron chi connectivity index (χ2n) is 4.54. The molecule has 4 heteroatoms. The van der Waals surface area contributed by atoms with Crippen molar-refractivity contribution in [3.05, 3.63) is 35.4 Å². The van der Waals surface area contributed by atoms with E-state index in [1.807, 2.05) is 13.8 Å². The summed E-state index contributed by atoms with van der Waals surface area (Å²) in [5.41, 5.74) is 0.792. The van der Waals surface area contributed by atoms with Crippen LogP contribution in [0.1, 0.15) is 40.8 Å². The lowest BCUT2D eigenvalue weighted by atomic mass is 9.99. The van der Waals surface area contributed by atoms with E-state index in [4.69, 9.17) is 15.0 Å². The largest absolute Gasteiger partial charge is 0.496 e. The number of methoxy groups -OCH3 is 2. The fourth-order valence-corrected chi connectivity index (χ4v) is 2.32. The SMILES string of the molecule is [2H]c1c(C)c(OC)c(CC=C)c(OC([2H])([2H])[2H])c1C(=O)N(CC)CC. The molecule has 0 bridgehead atoms. The van der Waals surface area contributed by atoms with Gasteiger partial charge in [0.1, 0.15) is 11.5 Å². The second-order valence-corrected chi connectivity index (χ2v) is 4.54. The van der Waals surface area contributed by atoms with Gasteiger partial charge in [-0.25, -0.2) is 0 Å². The van der Waals surface area contributed by atoms with E-state index in [1.54, 1.807) is 13.0 Å². The lowest BCUT2D eigenvalue weighted by Crippen LogP contribution is -2.31. The molecule has 1 aromatic carbocycles. The van der Waals surface area contributed by atoms with Crippen molar-refractivity contribution >= 4 is 5.91 Å². The van der Waals surface area contributed by atoms with E-state index in [2.05, 4.69) is 6.58 Å². The van der Waals surface area contributed by atoms with Crippen molar-refractivity contribution in [1.82, 2.24) is 4.90 Å². The predicted molar refractivity (Wildman–Crippen MR) is 85.4 cm³/mol. The van der Waals surface area contributed by atoms with Crippen LogP contribution in [-0.2, 0) is 6.42 Å². The van der Waals surface area contributed by atoms with Gasteiger partial charge >= 0.3 is 0 Å². The molecule has 0 atom stereocenters. The minimum absolute atomic E-state index is 0.0602. The van der Waals surface area contributed by atoms with Crippen molar-refractivity contribution < 1.29 is 19.8 Å². The zero-order valence-electron chi connectivity index (χ0n) is 17.1. The fourth-order valence-electron chi connectivity index (χ4n) is 2.32. The van der Waals surface area contributed by atoms with Crippen molar-refractivity contribution in [3.63, 3.8) is 0 Å². The highest BCUT2D eigenvalue weighted by molar-refractivity contribution is 5.98. The van der Waals surface area contributed by atoms with Crippen molar-refractivity contribution in [2.45, 2.75) is 27.2 Å². The highest BCUT2D eigenvalue weighted by Gasteiger charge is 2.23. The number of ether oxygens (including phenoxy) is 2. The number of rotatable bonds is 7. The zero-order valence-corrected chi connectivity index (χ0v) is 13.1. The number of hydrogen-bond acceptors (Lipinski definition) is 3. The number of amides is 1. The van der Waals surface area contributed by atoms with Crippen LogP contribution in [0.3, 0.4) is 0 Å². The van der Waals surface area contributed by atoms with Gasteiger partial charge in [0.2, 0.25) is 0 Å². The predicted octanol–water partition coefficient (Wildman–Crippen LogP) is 3.22. The number of carbonyl (C=O) groups excluding carboxylic acids is 1. The van der Waals surface area contributed by atoms with Gasteiger partial charge in [-0.2, -0.15) is 0 Å². The Morgan fingerprint density at radius 2 is 2.10 bits per heavy atom. The summed E-state index contributed by atoms with van der Waals surface area (Å²) in [7, 11) is -1.33. The van der Waals surface area contributed by atoms with Crippen LogP contribution in [0.4, 0.5) is 0 Å². The first kappa shape index (κ1) is 11.7. The Morgan fingerprint density at radius 3 is 2.57 bits per heavy atom. The molecule has 1 rings (SSSR count). The minimum atomic E-state index is -2.76. The van der Waals surface area contributed by atoms with Crippen molar-refractivity contribution in [2.75, 3.05) is 27.2 Å². The second kappa shape index (κ2) is 7.72. The third-order valence-corrected chi connectivity index (χ3v) is 3.35. The van der Waals surface area contributed by atoms with E-state index >= 15 is 0 Å². The molecule has 0 unspecified atom stereocenters. The van der Waals surface area contributed by atoms with Crippen LogP contribution in [0.5, 0.6) is 11.5 Å². The normalized spacial score (nSPS) is 13.5. The number of hydrogen-bond donors (Lipinski definition) is 0. The summed E-state index contributed by atoms with van der Waals surface area (Å²) in [5, 5.41) is 0. The maximum atomic E-state index is 12.9. The first-order valence-corrected chi connectivity index (χ1v) is 6.92. The topological polar surface area (TPSA) is 38.8 Å². The maximum absolute atomic E-state index is 12.9. The van der Waals surface area contributed by atoms with E-state index < -0.39 is 12.9 Å². The van der Waals surface area contributed by atoms with Crippen molar-refractivity contribution in [2.24, 2.45) is 0 Å². The van der Waals surface area contributed by atoms with Crippen LogP contribution >= 0.6 is 0 Å². The summed E-state index contributed by atoms with van der Waals surface area (Å²) < 4.78 is 41.2. The molecule has 0 saturated carbocycles. The third-order valence-electron chi connectivity index (χ3n) is 3.35. The Morgan fingerprint density at radius 1 is 1.43 bits per heavy atom. The molecule has 0 spiro atoms. The quantitative estimate of drug-likeness (QED) is 0.725. The molecule has 0 aliphatic rings. The summed E-state index contributed by atoms with van der Waals surface area (Å²) in [4.78, 5) is 14.4. The van der Waals surface area contributed by atoms with E-state index in [0.717, 1.165) is 0 Å². The average Bonchev–Trinajstić information content (AvgIpc) is 2.52. The van der Waals surface area contributed by atoms with Crippen LogP contribution in [0.2, 0.25) is 0 Å². The summed E-state index contributed by atoms with van der Waals surface area (Å²) >= 11 is 0.